The Bertz CT molecular complexity index is 300. The first-order chi connectivity index (χ1) is 8.19. The zero-order chi connectivity index (χ0) is 11.9. The molecule has 4 saturated carbocycles. The summed E-state index contributed by atoms with van der Waals surface area (Å²) >= 11 is 1.98. The van der Waals surface area contributed by atoms with Gasteiger partial charge in [0.05, 0.1) is 18.6 Å². The molecule has 0 aromatic rings. The number of rotatable bonds is 4. The van der Waals surface area contributed by atoms with Crippen LogP contribution in [0.1, 0.15) is 44.9 Å². The molecule has 4 rings (SSSR count). The Morgan fingerprint density at radius 3 is 2.18 bits per heavy atom. The van der Waals surface area contributed by atoms with Gasteiger partial charge < -0.3 is 5.11 Å². The minimum atomic E-state index is -0.419. The molecule has 4 bridgehead atoms. The van der Waals surface area contributed by atoms with E-state index in [1.54, 1.807) is 0 Å². The minimum absolute atomic E-state index is 0.291. The minimum Gasteiger partial charge on any atom is -0.391 e. The Hall–Kier alpha value is -0.200. The Kier molecular flexibility index (Phi) is 3.13. The molecule has 0 heterocycles. The highest BCUT2D eigenvalue weighted by Crippen LogP contribution is 2.60. The van der Waals surface area contributed by atoms with Crippen molar-refractivity contribution in [1.82, 2.24) is 0 Å². The van der Waals surface area contributed by atoms with Crippen LogP contribution in [0.5, 0.6) is 0 Å². The fourth-order valence-corrected chi connectivity index (χ4v) is 6.37. The number of hydrogen-bond acceptors (Lipinski definition) is 3. The maximum absolute atomic E-state index is 9.71. The van der Waals surface area contributed by atoms with Gasteiger partial charge in [0.15, 0.2) is 0 Å². The van der Waals surface area contributed by atoms with Gasteiger partial charge in [0.2, 0.25) is 0 Å². The van der Waals surface area contributed by atoms with Gasteiger partial charge in [-0.3, -0.25) is 0 Å². The Morgan fingerprint density at radius 2 is 1.71 bits per heavy atom. The predicted octanol–water partition coefficient (Wildman–Crippen LogP) is 2.96. The van der Waals surface area contributed by atoms with Crippen LogP contribution in [0, 0.1) is 29.1 Å². The monoisotopic (exact) mass is 251 g/mol. The average molecular weight is 251 g/mol. The molecule has 4 fully saturated rings. The molecule has 4 aliphatic carbocycles. The van der Waals surface area contributed by atoms with Crippen LogP contribution in [0.4, 0.5) is 0 Å². The molecule has 4 aliphatic rings. The third-order valence-corrected chi connectivity index (χ3v) is 6.55. The number of nitriles is 1. The van der Waals surface area contributed by atoms with E-state index in [0.717, 1.165) is 23.5 Å². The molecule has 0 amide bonds. The lowest BCUT2D eigenvalue weighted by atomic mass is 9.56. The molecule has 94 valence electrons. The number of aliphatic hydroxyl groups excluding tert-OH is 1. The molecular formula is C14H21NOS. The lowest BCUT2D eigenvalue weighted by Crippen LogP contribution is -2.49. The van der Waals surface area contributed by atoms with Gasteiger partial charge in [0.1, 0.15) is 0 Å². The van der Waals surface area contributed by atoms with Crippen molar-refractivity contribution in [1.29, 1.82) is 5.26 Å². The second kappa shape index (κ2) is 4.48. The Morgan fingerprint density at radius 1 is 1.18 bits per heavy atom. The smallest absolute Gasteiger partial charge is 0.0760 e. The summed E-state index contributed by atoms with van der Waals surface area (Å²) in [6, 6.07) is 2.06. The molecule has 3 heteroatoms. The van der Waals surface area contributed by atoms with Crippen molar-refractivity contribution in [2.45, 2.75) is 55.8 Å². The summed E-state index contributed by atoms with van der Waals surface area (Å²) < 4.78 is 0.477. The number of thioether (sulfide) groups is 1. The van der Waals surface area contributed by atoms with Crippen LogP contribution in [0.25, 0.3) is 0 Å². The van der Waals surface area contributed by atoms with Gasteiger partial charge in [-0.15, -0.1) is 0 Å². The van der Waals surface area contributed by atoms with E-state index in [9.17, 15) is 5.11 Å². The van der Waals surface area contributed by atoms with Crippen LogP contribution in [0.15, 0.2) is 0 Å². The summed E-state index contributed by atoms with van der Waals surface area (Å²) in [5.41, 5.74) is 0. The largest absolute Gasteiger partial charge is 0.391 e. The van der Waals surface area contributed by atoms with Crippen molar-refractivity contribution in [2.75, 3.05) is 5.75 Å². The number of hydrogen-bond donors (Lipinski definition) is 1. The zero-order valence-electron chi connectivity index (χ0n) is 10.3. The van der Waals surface area contributed by atoms with E-state index in [2.05, 4.69) is 6.07 Å². The van der Waals surface area contributed by atoms with Crippen molar-refractivity contribution in [3.8, 4) is 6.07 Å². The normalized spacial score (nSPS) is 44.6. The van der Waals surface area contributed by atoms with Gasteiger partial charge in [-0.25, -0.2) is 0 Å². The standard InChI is InChI=1S/C14H21NOS/c15-2-1-13(16)9-17-14-6-10-3-11(7-14)5-12(4-10)8-14/h10-13,16H,1,3-9H2. The lowest BCUT2D eigenvalue weighted by molar-refractivity contribution is 0.0380. The summed E-state index contributed by atoms with van der Waals surface area (Å²) in [4.78, 5) is 0. The Balaban J connectivity index is 1.61. The van der Waals surface area contributed by atoms with Gasteiger partial charge in [0.25, 0.3) is 0 Å². The molecule has 0 saturated heterocycles. The van der Waals surface area contributed by atoms with Crippen molar-refractivity contribution >= 4 is 11.8 Å². The molecular weight excluding hydrogens is 230 g/mol. The van der Waals surface area contributed by atoms with Crippen LogP contribution in [-0.2, 0) is 0 Å². The molecule has 17 heavy (non-hydrogen) atoms. The first-order valence-corrected chi connectivity index (χ1v) is 7.87. The SMILES string of the molecule is N#CCC(O)CSC12CC3CC(CC(C3)C1)C2. The van der Waals surface area contributed by atoms with Crippen molar-refractivity contribution < 1.29 is 5.11 Å². The summed E-state index contributed by atoms with van der Waals surface area (Å²) in [6.45, 7) is 0. The number of nitrogens with zero attached hydrogens (tertiary/aromatic N) is 1. The van der Waals surface area contributed by atoms with Gasteiger partial charge in [-0.2, -0.15) is 17.0 Å². The van der Waals surface area contributed by atoms with Crippen molar-refractivity contribution in [3.05, 3.63) is 0 Å². The molecule has 0 aliphatic heterocycles. The topological polar surface area (TPSA) is 44.0 Å². The highest BCUT2D eigenvalue weighted by Gasteiger charge is 2.51. The molecule has 1 N–H and O–H groups in total. The quantitative estimate of drug-likeness (QED) is 0.835. The maximum Gasteiger partial charge on any atom is 0.0760 e. The van der Waals surface area contributed by atoms with Gasteiger partial charge in [-0.1, -0.05) is 0 Å². The van der Waals surface area contributed by atoms with Crippen molar-refractivity contribution in [2.24, 2.45) is 17.8 Å². The summed E-state index contributed by atoms with van der Waals surface area (Å²) in [6.07, 6.45) is 8.42. The van der Waals surface area contributed by atoms with E-state index in [1.165, 1.54) is 38.5 Å². The second-order valence-corrected chi connectivity index (χ2v) is 7.92. The average Bonchev–Trinajstić information content (AvgIpc) is 2.25. The molecule has 1 unspecified atom stereocenters. The van der Waals surface area contributed by atoms with Crippen molar-refractivity contribution in [3.63, 3.8) is 0 Å². The molecule has 0 radical (unpaired) electrons. The van der Waals surface area contributed by atoms with E-state index in [4.69, 9.17) is 5.26 Å². The number of aliphatic hydroxyl groups is 1. The second-order valence-electron chi connectivity index (χ2n) is 6.43. The van der Waals surface area contributed by atoms with Crippen LogP contribution in [0.2, 0.25) is 0 Å². The van der Waals surface area contributed by atoms with E-state index in [1.807, 2.05) is 11.8 Å². The highest BCUT2D eigenvalue weighted by molar-refractivity contribution is 8.00. The van der Waals surface area contributed by atoms with Gasteiger partial charge in [-0.05, 0) is 56.3 Å². The van der Waals surface area contributed by atoms with Gasteiger partial charge >= 0.3 is 0 Å². The molecule has 1 atom stereocenters. The molecule has 0 spiro atoms. The lowest BCUT2D eigenvalue weighted by Gasteiger charge is -2.56. The maximum atomic E-state index is 9.71. The van der Waals surface area contributed by atoms with Crippen LogP contribution >= 0.6 is 11.8 Å². The van der Waals surface area contributed by atoms with E-state index in [-0.39, 0.29) is 0 Å². The van der Waals surface area contributed by atoms with Crippen LogP contribution in [-0.4, -0.2) is 21.7 Å². The third-order valence-electron chi connectivity index (χ3n) is 4.89. The van der Waals surface area contributed by atoms with E-state index < -0.39 is 6.10 Å². The Labute approximate surface area is 108 Å². The third kappa shape index (κ3) is 2.35. The fraction of sp³-hybridized carbons (Fsp3) is 0.929. The molecule has 0 aromatic carbocycles. The van der Waals surface area contributed by atoms with Crippen LogP contribution in [0.3, 0.4) is 0 Å². The first-order valence-electron chi connectivity index (χ1n) is 6.88. The molecule has 0 aromatic heterocycles. The molecule has 2 nitrogen and oxygen atoms in total. The van der Waals surface area contributed by atoms with Crippen LogP contribution < -0.4 is 0 Å². The first kappa shape index (κ1) is 11.9. The summed E-state index contributed by atoms with van der Waals surface area (Å²) in [7, 11) is 0. The van der Waals surface area contributed by atoms with E-state index in [0.29, 0.717) is 11.2 Å². The predicted molar refractivity (Wildman–Crippen MR) is 69.6 cm³/mol. The summed E-state index contributed by atoms with van der Waals surface area (Å²) in [5, 5.41) is 18.3. The highest BCUT2D eigenvalue weighted by atomic mass is 32.2. The zero-order valence-corrected chi connectivity index (χ0v) is 11.1. The fourth-order valence-electron chi connectivity index (χ4n) is 4.65. The summed E-state index contributed by atoms with van der Waals surface area (Å²) in [5.74, 6) is 3.69. The van der Waals surface area contributed by atoms with Gasteiger partial charge in [0, 0.05) is 10.5 Å². The van der Waals surface area contributed by atoms with E-state index >= 15 is 0 Å².